The molecule has 0 aliphatic heterocycles. The highest BCUT2D eigenvalue weighted by Crippen LogP contribution is 2.28. The summed E-state index contributed by atoms with van der Waals surface area (Å²) in [6.07, 6.45) is 1.80. The van der Waals surface area contributed by atoms with Crippen LogP contribution in [0.4, 0.5) is 11.5 Å². The van der Waals surface area contributed by atoms with Crippen molar-refractivity contribution in [2.24, 2.45) is 0 Å². The minimum absolute atomic E-state index is 0.109. The molecule has 6 nitrogen and oxygen atoms in total. The fourth-order valence-corrected chi connectivity index (χ4v) is 3.00. The molecule has 0 fully saturated rings. The number of anilines is 2. The van der Waals surface area contributed by atoms with Gasteiger partial charge in [-0.1, -0.05) is 6.07 Å². The summed E-state index contributed by atoms with van der Waals surface area (Å²) in [5, 5.41) is 5.98. The summed E-state index contributed by atoms with van der Waals surface area (Å²) in [6, 6.07) is 7.56. The molecule has 0 atom stereocenters. The number of benzene rings is 1. The van der Waals surface area contributed by atoms with Gasteiger partial charge in [-0.15, -0.1) is 0 Å². The van der Waals surface area contributed by atoms with Gasteiger partial charge in [-0.25, -0.2) is 9.97 Å². The Balaban J connectivity index is 2.07. The van der Waals surface area contributed by atoms with Gasteiger partial charge < -0.3 is 15.2 Å². The number of aromatic nitrogens is 3. The number of fused-ring (bicyclic) bond motifs is 1. The standard InChI is InChI=1S/C17H18BrN5O/c1-4-23-9-20-13-8-14(18)22-16(15(13)23)21-11-6-5-10(2)12(7-11)17(24)19-3/h5-9H,4H2,1-3H3,(H,19,24)(H,21,22). The van der Waals surface area contributed by atoms with Gasteiger partial charge >= 0.3 is 0 Å². The quantitative estimate of drug-likeness (QED) is 0.670. The molecule has 124 valence electrons. The van der Waals surface area contributed by atoms with Crippen LogP contribution in [-0.2, 0) is 6.54 Å². The van der Waals surface area contributed by atoms with Crippen molar-refractivity contribution in [3.05, 3.63) is 46.3 Å². The van der Waals surface area contributed by atoms with Gasteiger partial charge in [0.2, 0.25) is 0 Å². The lowest BCUT2D eigenvalue weighted by Gasteiger charge is -2.12. The van der Waals surface area contributed by atoms with Gasteiger partial charge in [0.05, 0.1) is 11.8 Å². The Hall–Kier alpha value is -2.41. The number of amides is 1. The summed E-state index contributed by atoms with van der Waals surface area (Å²) in [7, 11) is 1.63. The number of halogens is 1. The Labute approximate surface area is 148 Å². The number of nitrogens with zero attached hydrogens (tertiary/aromatic N) is 3. The van der Waals surface area contributed by atoms with Crippen molar-refractivity contribution < 1.29 is 4.79 Å². The minimum atomic E-state index is -0.109. The second-order valence-electron chi connectivity index (χ2n) is 5.43. The number of pyridine rings is 1. The SMILES string of the molecule is CCn1cnc2cc(Br)nc(Nc3ccc(C)c(C(=O)NC)c3)c21. The van der Waals surface area contributed by atoms with E-state index in [9.17, 15) is 4.79 Å². The average molecular weight is 388 g/mol. The zero-order valence-corrected chi connectivity index (χ0v) is 15.3. The summed E-state index contributed by atoms with van der Waals surface area (Å²) in [5.74, 6) is 0.590. The number of hydrogen-bond acceptors (Lipinski definition) is 4. The highest BCUT2D eigenvalue weighted by Gasteiger charge is 2.13. The molecule has 0 saturated heterocycles. The van der Waals surface area contributed by atoms with Crippen molar-refractivity contribution in [1.29, 1.82) is 0 Å². The van der Waals surface area contributed by atoms with E-state index in [-0.39, 0.29) is 5.91 Å². The van der Waals surface area contributed by atoms with Crippen molar-refractivity contribution in [2.75, 3.05) is 12.4 Å². The van der Waals surface area contributed by atoms with E-state index in [4.69, 9.17) is 0 Å². The Bertz CT molecular complexity index is 919. The molecule has 0 saturated carbocycles. The lowest BCUT2D eigenvalue weighted by atomic mass is 10.1. The number of carbonyl (C=O) groups is 1. The van der Waals surface area contributed by atoms with Crippen LogP contribution >= 0.6 is 15.9 Å². The topological polar surface area (TPSA) is 71.8 Å². The second kappa shape index (κ2) is 6.60. The molecule has 2 heterocycles. The van der Waals surface area contributed by atoms with Crippen LogP contribution in [0.5, 0.6) is 0 Å². The van der Waals surface area contributed by atoms with Gasteiger partial charge in [0, 0.05) is 24.8 Å². The van der Waals surface area contributed by atoms with E-state index in [0.29, 0.717) is 16.0 Å². The van der Waals surface area contributed by atoms with E-state index in [0.717, 1.165) is 28.8 Å². The van der Waals surface area contributed by atoms with Gasteiger partial charge in [0.15, 0.2) is 5.82 Å². The summed E-state index contributed by atoms with van der Waals surface area (Å²) in [6.45, 7) is 4.77. The van der Waals surface area contributed by atoms with Crippen LogP contribution in [0.1, 0.15) is 22.8 Å². The molecule has 2 N–H and O–H groups in total. The number of carbonyl (C=O) groups excluding carboxylic acids is 1. The largest absolute Gasteiger partial charge is 0.355 e. The summed E-state index contributed by atoms with van der Waals surface area (Å²) in [4.78, 5) is 20.9. The maximum Gasteiger partial charge on any atom is 0.251 e. The first-order valence-corrected chi connectivity index (χ1v) is 8.44. The van der Waals surface area contributed by atoms with Gasteiger partial charge in [-0.2, -0.15) is 0 Å². The summed E-state index contributed by atoms with van der Waals surface area (Å²) < 4.78 is 2.74. The van der Waals surface area contributed by atoms with Gasteiger partial charge in [-0.05, 0) is 53.5 Å². The van der Waals surface area contributed by atoms with Gasteiger partial charge in [0.1, 0.15) is 10.1 Å². The van der Waals surface area contributed by atoms with E-state index in [1.807, 2.05) is 35.8 Å². The van der Waals surface area contributed by atoms with E-state index >= 15 is 0 Å². The summed E-state index contributed by atoms with van der Waals surface area (Å²) >= 11 is 3.42. The third-order valence-electron chi connectivity index (χ3n) is 3.88. The fourth-order valence-electron chi connectivity index (χ4n) is 2.61. The number of rotatable bonds is 4. The van der Waals surface area contributed by atoms with Crippen molar-refractivity contribution in [3.63, 3.8) is 0 Å². The van der Waals surface area contributed by atoms with Crippen LogP contribution in [0, 0.1) is 6.92 Å². The maximum absolute atomic E-state index is 12.0. The Morgan fingerprint density at radius 1 is 1.33 bits per heavy atom. The van der Waals surface area contributed by atoms with Crippen molar-refractivity contribution in [2.45, 2.75) is 20.4 Å². The van der Waals surface area contributed by atoms with E-state index in [1.54, 1.807) is 13.4 Å². The molecular weight excluding hydrogens is 370 g/mol. The highest BCUT2D eigenvalue weighted by atomic mass is 79.9. The van der Waals surface area contributed by atoms with Crippen molar-refractivity contribution in [3.8, 4) is 0 Å². The molecule has 0 bridgehead atoms. The molecule has 0 unspecified atom stereocenters. The third-order valence-corrected chi connectivity index (χ3v) is 4.28. The number of aryl methyl sites for hydroxylation is 2. The lowest BCUT2D eigenvalue weighted by molar-refractivity contribution is 0.0962. The number of hydrogen-bond donors (Lipinski definition) is 2. The van der Waals surface area contributed by atoms with Crippen LogP contribution in [0.2, 0.25) is 0 Å². The highest BCUT2D eigenvalue weighted by molar-refractivity contribution is 9.10. The molecule has 24 heavy (non-hydrogen) atoms. The average Bonchev–Trinajstić information content (AvgIpc) is 2.98. The molecule has 0 aliphatic carbocycles. The van der Waals surface area contributed by atoms with E-state index in [1.165, 1.54) is 0 Å². The van der Waals surface area contributed by atoms with Crippen molar-refractivity contribution in [1.82, 2.24) is 19.9 Å². The molecular formula is C17H18BrN5O. The van der Waals surface area contributed by atoms with Crippen LogP contribution in [0.15, 0.2) is 35.2 Å². The molecule has 7 heteroatoms. The third kappa shape index (κ3) is 2.99. The first kappa shape index (κ1) is 16.4. The Kier molecular flexibility index (Phi) is 4.53. The van der Waals surface area contributed by atoms with Gasteiger partial charge in [0.25, 0.3) is 5.91 Å². The monoisotopic (exact) mass is 387 g/mol. The Morgan fingerprint density at radius 2 is 2.12 bits per heavy atom. The van der Waals surface area contributed by atoms with Crippen molar-refractivity contribution >= 4 is 44.4 Å². The molecule has 1 amide bonds. The van der Waals surface area contributed by atoms with Gasteiger partial charge in [-0.3, -0.25) is 4.79 Å². The molecule has 0 spiro atoms. The first-order chi connectivity index (χ1) is 11.5. The fraction of sp³-hybridized carbons (Fsp3) is 0.235. The number of imidazole rings is 1. The molecule has 0 aliphatic rings. The normalized spacial score (nSPS) is 10.8. The molecule has 3 aromatic rings. The molecule has 1 aromatic carbocycles. The van der Waals surface area contributed by atoms with Crippen LogP contribution < -0.4 is 10.6 Å². The lowest BCUT2D eigenvalue weighted by Crippen LogP contribution is -2.19. The zero-order valence-electron chi connectivity index (χ0n) is 13.7. The predicted molar refractivity (Wildman–Crippen MR) is 98.8 cm³/mol. The molecule has 3 rings (SSSR count). The zero-order chi connectivity index (χ0) is 17.3. The predicted octanol–water partition coefficient (Wildman–Crippen LogP) is 3.63. The Morgan fingerprint density at radius 3 is 2.83 bits per heavy atom. The van der Waals surface area contributed by atoms with Crippen LogP contribution in [-0.4, -0.2) is 27.5 Å². The van der Waals surface area contributed by atoms with E-state index in [2.05, 4.69) is 43.5 Å². The first-order valence-electron chi connectivity index (χ1n) is 7.64. The number of nitrogens with one attached hydrogen (secondary N) is 2. The molecule has 0 radical (unpaired) electrons. The molecule has 2 aromatic heterocycles. The van der Waals surface area contributed by atoms with E-state index < -0.39 is 0 Å². The maximum atomic E-state index is 12.0. The van der Waals surface area contributed by atoms with Crippen LogP contribution in [0.25, 0.3) is 11.0 Å². The minimum Gasteiger partial charge on any atom is -0.355 e. The summed E-state index contributed by atoms with van der Waals surface area (Å²) in [5.41, 5.74) is 4.15. The second-order valence-corrected chi connectivity index (χ2v) is 6.24. The smallest absolute Gasteiger partial charge is 0.251 e. The van der Waals surface area contributed by atoms with Crippen LogP contribution in [0.3, 0.4) is 0 Å².